The molecular weight excluding hydrogens is 516 g/mol. The molecule has 0 radical (unpaired) electrons. The maximum Gasteiger partial charge on any atom is 0.245 e. The van der Waals surface area contributed by atoms with E-state index < -0.39 is 0 Å². The van der Waals surface area contributed by atoms with E-state index >= 15 is 0 Å². The summed E-state index contributed by atoms with van der Waals surface area (Å²) in [4.78, 5) is 28.1. The number of carbonyl (C=O) groups excluding carboxylic acids is 1. The van der Waals surface area contributed by atoms with Gasteiger partial charge in [0.05, 0.1) is 24.2 Å². The van der Waals surface area contributed by atoms with Crippen molar-refractivity contribution in [1.29, 1.82) is 0 Å². The Morgan fingerprint density at radius 3 is 2.74 bits per heavy atom. The quantitative estimate of drug-likeness (QED) is 0.334. The van der Waals surface area contributed by atoms with E-state index in [1.165, 1.54) is 6.33 Å². The molecule has 2 aromatic carbocycles. The molecule has 39 heavy (non-hydrogen) atoms. The second-order valence-electron chi connectivity index (χ2n) is 10.4. The standard InChI is InChI=1S/C29H31ClN6O3/c1-19-28(37)35(13-12-31-19)14-15-38-21-8-9-22(23(30)16-21)25-34-24-26(36(25)17-20-6-4-3-5-7-20)32-18-33-27(24)39-29(2)10-11-29/h3-9,16,18-19,31H,10-15,17H2,1-2H3/t19-/m0/s1. The van der Waals surface area contributed by atoms with Crippen LogP contribution in [0.15, 0.2) is 54.9 Å². The number of carbonyl (C=O) groups is 1. The topological polar surface area (TPSA) is 94.4 Å². The average molecular weight is 547 g/mol. The van der Waals surface area contributed by atoms with Crippen LogP contribution in [0, 0.1) is 0 Å². The van der Waals surface area contributed by atoms with Gasteiger partial charge in [0.2, 0.25) is 11.8 Å². The highest BCUT2D eigenvalue weighted by atomic mass is 35.5. The van der Waals surface area contributed by atoms with E-state index in [1.54, 1.807) is 6.07 Å². The Kier molecular flexibility index (Phi) is 6.86. The number of halogens is 1. The lowest BCUT2D eigenvalue weighted by molar-refractivity contribution is -0.135. The molecule has 2 fully saturated rings. The van der Waals surface area contributed by atoms with Crippen LogP contribution in [-0.2, 0) is 11.3 Å². The zero-order valence-corrected chi connectivity index (χ0v) is 22.8. The third-order valence-corrected chi connectivity index (χ3v) is 7.62. The van der Waals surface area contributed by atoms with Gasteiger partial charge in [0.1, 0.15) is 30.1 Å². The first-order valence-electron chi connectivity index (χ1n) is 13.3. The molecule has 9 nitrogen and oxygen atoms in total. The van der Waals surface area contributed by atoms with Crippen LogP contribution in [0.4, 0.5) is 0 Å². The van der Waals surface area contributed by atoms with Crippen molar-refractivity contribution in [2.45, 2.75) is 44.9 Å². The number of rotatable bonds is 9. The molecular formula is C29H31ClN6O3. The van der Waals surface area contributed by atoms with E-state index in [0.29, 0.717) is 59.9 Å². The van der Waals surface area contributed by atoms with Crippen molar-refractivity contribution >= 4 is 28.7 Å². The Labute approximate surface area is 232 Å². The van der Waals surface area contributed by atoms with Crippen molar-refractivity contribution in [2.75, 3.05) is 26.2 Å². The summed E-state index contributed by atoms with van der Waals surface area (Å²) in [5.74, 6) is 1.89. The summed E-state index contributed by atoms with van der Waals surface area (Å²) in [6.45, 7) is 6.90. The number of ether oxygens (including phenoxy) is 2. The number of hydrogen-bond donors (Lipinski definition) is 1. The van der Waals surface area contributed by atoms with Gasteiger partial charge < -0.3 is 24.3 Å². The molecule has 1 N–H and O–H groups in total. The summed E-state index contributed by atoms with van der Waals surface area (Å²) < 4.78 is 14.2. The third kappa shape index (κ3) is 5.42. The lowest BCUT2D eigenvalue weighted by atomic mass is 10.2. The fraction of sp³-hybridized carbons (Fsp3) is 0.379. The second kappa shape index (κ2) is 10.5. The van der Waals surface area contributed by atoms with Gasteiger partial charge in [-0.05, 0) is 50.5 Å². The number of hydrogen-bond acceptors (Lipinski definition) is 7. The molecule has 2 aromatic heterocycles. The summed E-state index contributed by atoms with van der Waals surface area (Å²) in [5.41, 5.74) is 2.97. The zero-order valence-electron chi connectivity index (χ0n) is 22.1. The monoisotopic (exact) mass is 546 g/mol. The van der Waals surface area contributed by atoms with Gasteiger partial charge in [0.25, 0.3) is 0 Å². The lowest BCUT2D eigenvalue weighted by Gasteiger charge is -2.31. The summed E-state index contributed by atoms with van der Waals surface area (Å²) in [7, 11) is 0. The first-order chi connectivity index (χ1) is 18.9. The van der Waals surface area contributed by atoms with Crippen LogP contribution < -0.4 is 14.8 Å². The Hall–Kier alpha value is -3.69. The van der Waals surface area contributed by atoms with E-state index in [-0.39, 0.29) is 17.6 Å². The van der Waals surface area contributed by atoms with Crippen LogP contribution in [0.5, 0.6) is 11.6 Å². The number of imidazole rings is 1. The largest absolute Gasteiger partial charge is 0.492 e. The van der Waals surface area contributed by atoms with Crippen LogP contribution in [-0.4, -0.2) is 68.2 Å². The fourth-order valence-electron chi connectivity index (χ4n) is 4.77. The molecule has 1 aliphatic carbocycles. The molecule has 1 saturated heterocycles. The minimum Gasteiger partial charge on any atom is -0.492 e. The first kappa shape index (κ1) is 25.6. The number of benzene rings is 2. The van der Waals surface area contributed by atoms with Crippen LogP contribution >= 0.6 is 11.6 Å². The highest BCUT2D eigenvalue weighted by Gasteiger charge is 2.41. The van der Waals surface area contributed by atoms with E-state index in [1.807, 2.05) is 46.7 Å². The summed E-state index contributed by atoms with van der Waals surface area (Å²) in [6, 6.07) is 15.6. The molecule has 2 aliphatic rings. The predicted molar refractivity (Wildman–Crippen MR) is 149 cm³/mol. The lowest BCUT2D eigenvalue weighted by Crippen LogP contribution is -2.54. The van der Waals surface area contributed by atoms with Crippen LogP contribution in [0.25, 0.3) is 22.6 Å². The first-order valence-corrected chi connectivity index (χ1v) is 13.7. The van der Waals surface area contributed by atoms with Gasteiger partial charge in [0, 0.05) is 18.7 Å². The molecule has 1 aliphatic heterocycles. The summed E-state index contributed by atoms with van der Waals surface area (Å²) >= 11 is 6.82. The molecule has 4 aromatic rings. The van der Waals surface area contributed by atoms with Crippen LogP contribution in [0.3, 0.4) is 0 Å². The number of fused-ring (bicyclic) bond motifs is 1. The zero-order chi connectivity index (χ0) is 27.0. The number of nitrogens with zero attached hydrogens (tertiary/aromatic N) is 5. The number of amides is 1. The average Bonchev–Trinajstić information content (AvgIpc) is 3.55. The highest BCUT2D eigenvalue weighted by molar-refractivity contribution is 6.33. The maximum absolute atomic E-state index is 12.3. The van der Waals surface area contributed by atoms with Gasteiger partial charge in [-0.1, -0.05) is 41.9 Å². The van der Waals surface area contributed by atoms with Crippen molar-refractivity contribution in [3.8, 4) is 23.0 Å². The number of nitrogens with one attached hydrogen (secondary N) is 1. The van der Waals surface area contributed by atoms with Crippen molar-refractivity contribution in [2.24, 2.45) is 0 Å². The Balaban J connectivity index is 1.29. The van der Waals surface area contributed by atoms with E-state index in [4.69, 9.17) is 26.1 Å². The summed E-state index contributed by atoms with van der Waals surface area (Å²) in [6.07, 6.45) is 3.51. The van der Waals surface area contributed by atoms with E-state index in [9.17, 15) is 4.79 Å². The maximum atomic E-state index is 12.3. The van der Waals surface area contributed by atoms with Crippen molar-refractivity contribution in [1.82, 2.24) is 29.7 Å². The van der Waals surface area contributed by atoms with Crippen LogP contribution in [0.1, 0.15) is 32.3 Å². The van der Waals surface area contributed by atoms with Crippen molar-refractivity contribution < 1.29 is 14.3 Å². The summed E-state index contributed by atoms with van der Waals surface area (Å²) in [5, 5.41) is 3.68. The fourth-order valence-corrected chi connectivity index (χ4v) is 5.03. The molecule has 0 unspecified atom stereocenters. The van der Waals surface area contributed by atoms with Gasteiger partial charge in [-0.15, -0.1) is 0 Å². The highest BCUT2D eigenvalue weighted by Crippen LogP contribution is 2.41. The molecule has 1 saturated carbocycles. The van der Waals surface area contributed by atoms with Crippen molar-refractivity contribution in [3.63, 3.8) is 0 Å². The molecule has 202 valence electrons. The molecule has 6 rings (SSSR count). The predicted octanol–water partition coefficient (Wildman–Crippen LogP) is 4.33. The van der Waals surface area contributed by atoms with Gasteiger partial charge >= 0.3 is 0 Å². The molecule has 3 heterocycles. The second-order valence-corrected chi connectivity index (χ2v) is 10.8. The Morgan fingerprint density at radius 1 is 1.15 bits per heavy atom. The molecule has 1 amide bonds. The van der Waals surface area contributed by atoms with E-state index in [0.717, 1.165) is 30.5 Å². The molecule has 10 heteroatoms. The molecule has 0 spiro atoms. The Bertz CT molecular complexity index is 1500. The van der Waals surface area contributed by atoms with Gasteiger partial charge in [-0.2, -0.15) is 4.98 Å². The van der Waals surface area contributed by atoms with Gasteiger partial charge in [-0.3, -0.25) is 4.79 Å². The minimum atomic E-state index is -0.200. The normalized spacial score (nSPS) is 18.4. The SMILES string of the molecule is C[C@@H]1NCCN(CCOc2ccc(-c3nc4c(OC5(C)CC5)ncnc4n3Cc3ccccc3)c(Cl)c2)C1=O. The smallest absolute Gasteiger partial charge is 0.245 e. The minimum absolute atomic E-state index is 0.0951. The number of aromatic nitrogens is 4. The molecule has 0 bridgehead atoms. The van der Waals surface area contributed by atoms with Crippen LogP contribution in [0.2, 0.25) is 5.02 Å². The Morgan fingerprint density at radius 2 is 1.97 bits per heavy atom. The molecule has 1 atom stereocenters. The number of piperazine rings is 1. The van der Waals surface area contributed by atoms with Gasteiger partial charge in [-0.25, -0.2) is 9.97 Å². The van der Waals surface area contributed by atoms with Crippen molar-refractivity contribution in [3.05, 3.63) is 65.4 Å². The van der Waals surface area contributed by atoms with Gasteiger partial charge in [0.15, 0.2) is 11.2 Å². The van der Waals surface area contributed by atoms with E-state index in [2.05, 4.69) is 34.3 Å². The third-order valence-electron chi connectivity index (χ3n) is 7.30.